The number of hydrogen-bond donors (Lipinski definition) is 0. The zero-order valence-corrected chi connectivity index (χ0v) is 14.2. The molecule has 2 aromatic carbocycles. The topological polar surface area (TPSA) is 76.4 Å². The number of ether oxygens (including phenoxy) is 2. The Hall–Kier alpha value is -3.65. The lowest BCUT2D eigenvalue weighted by molar-refractivity contribution is -0.137. The zero-order chi connectivity index (χ0) is 18.8. The second-order valence-corrected chi connectivity index (χ2v) is 5.17. The van der Waals surface area contributed by atoms with E-state index in [0.717, 1.165) is 17.4 Å². The lowest BCUT2D eigenvalue weighted by Crippen LogP contribution is -2.10. The van der Waals surface area contributed by atoms with E-state index < -0.39 is 11.9 Å². The Labute approximate surface area is 151 Å². The van der Waals surface area contributed by atoms with Crippen molar-refractivity contribution in [1.29, 1.82) is 5.26 Å². The van der Waals surface area contributed by atoms with E-state index in [1.54, 1.807) is 0 Å². The van der Waals surface area contributed by atoms with Gasteiger partial charge in [0.25, 0.3) is 0 Å². The largest absolute Gasteiger partial charge is 0.457 e. The molecule has 0 atom stereocenters. The number of esters is 2. The monoisotopic (exact) mass is 347 g/mol. The summed E-state index contributed by atoms with van der Waals surface area (Å²) < 4.78 is 9.71. The fourth-order valence-corrected chi connectivity index (χ4v) is 2.25. The summed E-state index contributed by atoms with van der Waals surface area (Å²) in [5.74, 6) is -1.22. The molecule has 0 saturated heterocycles. The fourth-order valence-electron chi connectivity index (χ4n) is 2.25. The molecule has 0 aliphatic rings. The summed E-state index contributed by atoms with van der Waals surface area (Å²) in [7, 11) is 0. The first-order valence-corrected chi connectivity index (χ1v) is 7.88. The van der Waals surface area contributed by atoms with Crippen LogP contribution in [0.5, 0.6) is 0 Å². The summed E-state index contributed by atoms with van der Waals surface area (Å²) in [5, 5.41) is 9.57. The second kappa shape index (κ2) is 9.60. The zero-order valence-electron chi connectivity index (χ0n) is 14.2. The predicted molar refractivity (Wildman–Crippen MR) is 96.4 cm³/mol. The van der Waals surface area contributed by atoms with Crippen molar-refractivity contribution in [1.82, 2.24) is 0 Å². The van der Waals surface area contributed by atoms with Gasteiger partial charge >= 0.3 is 11.9 Å². The van der Waals surface area contributed by atoms with Crippen molar-refractivity contribution in [2.45, 2.75) is 6.92 Å². The van der Waals surface area contributed by atoms with Crippen molar-refractivity contribution in [3.8, 4) is 6.07 Å². The second-order valence-electron chi connectivity index (χ2n) is 5.17. The molecule has 5 heteroatoms. The molecule has 0 fully saturated rings. The molecule has 0 aliphatic heterocycles. The lowest BCUT2D eigenvalue weighted by atomic mass is 9.93. The number of carbonyl (C=O) groups is 2. The molecule has 0 saturated carbocycles. The molecule has 0 heterocycles. The highest BCUT2D eigenvalue weighted by Gasteiger charge is 2.19. The van der Waals surface area contributed by atoms with Crippen LogP contribution in [0.2, 0.25) is 0 Å². The molecule has 130 valence electrons. The number of nitrogens with zero attached hydrogens (tertiary/aromatic N) is 1. The predicted octanol–water partition coefficient (Wildman–Crippen LogP) is 3.63. The van der Waals surface area contributed by atoms with Crippen molar-refractivity contribution < 1.29 is 19.1 Å². The quantitative estimate of drug-likeness (QED) is 0.345. The molecule has 0 aromatic heterocycles. The van der Waals surface area contributed by atoms with Crippen molar-refractivity contribution >= 4 is 17.5 Å². The maximum Gasteiger partial charge on any atom is 0.349 e. The Kier molecular flexibility index (Phi) is 6.90. The first-order valence-electron chi connectivity index (χ1n) is 7.88. The Morgan fingerprint density at radius 2 is 1.54 bits per heavy atom. The van der Waals surface area contributed by atoms with Crippen LogP contribution < -0.4 is 0 Å². The Balaban J connectivity index is 2.33. The van der Waals surface area contributed by atoms with Crippen LogP contribution in [0.25, 0.3) is 5.57 Å². The van der Waals surface area contributed by atoms with E-state index in [-0.39, 0.29) is 12.2 Å². The third-order valence-electron chi connectivity index (χ3n) is 3.33. The van der Waals surface area contributed by atoms with Gasteiger partial charge in [0.2, 0.25) is 0 Å². The number of nitriles is 1. The molecule has 5 nitrogen and oxygen atoms in total. The average Bonchev–Trinajstić information content (AvgIpc) is 2.66. The fraction of sp³-hybridized carbons (Fsp3) is 0.0952. The molecule has 2 aromatic rings. The Bertz CT molecular complexity index is 820. The summed E-state index contributed by atoms with van der Waals surface area (Å²) >= 11 is 0. The number of rotatable bonds is 6. The van der Waals surface area contributed by atoms with Gasteiger partial charge in [0.1, 0.15) is 18.2 Å². The van der Waals surface area contributed by atoms with Gasteiger partial charge in [-0.1, -0.05) is 60.7 Å². The van der Waals surface area contributed by atoms with Crippen molar-refractivity contribution in [2.75, 3.05) is 6.61 Å². The van der Waals surface area contributed by atoms with Gasteiger partial charge in [0, 0.05) is 12.5 Å². The smallest absolute Gasteiger partial charge is 0.349 e. The van der Waals surface area contributed by atoms with Crippen LogP contribution in [0.3, 0.4) is 0 Å². The van der Waals surface area contributed by atoms with Crippen LogP contribution in [0.1, 0.15) is 18.1 Å². The highest BCUT2D eigenvalue weighted by atomic mass is 16.5. The van der Waals surface area contributed by atoms with Crippen molar-refractivity contribution in [2.24, 2.45) is 0 Å². The van der Waals surface area contributed by atoms with E-state index in [0.29, 0.717) is 5.57 Å². The van der Waals surface area contributed by atoms with E-state index in [2.05, 4.69) is 4.74 Å². The van der Waals surface area contributed by atoms with E-state index in [1.165, 1.54) is 13.0 Å². The normalized spacial score (nSPS) is 10.0. The number of hydrogen-bond acceptors (Lipinski definition) is 5. The summed E-state index contributed by atoms with van der Waals surface area (Å²) in [6.45, 7) is 1.15. The van der Waals surface area contributed by atoms with E-state index in [1.807, 2.05) is 66.7 Å². The van der Waals surface area contributed by atoms with E-state index in [4.69, 9.17) is 4.74 Å². The van der Waals surface area contributed by atoms with Crippen LogP contribution >= 0.6 is 0 Å². The van der Waals surface area contributed by atoms with Crippen LogP contribution in [0.4, 0.5) is 0 Å². The van der Waals surface area contributed by atoms with Gasteiger partial charge in [-0.05, 0) is 17.2 Å². The first kappa shape index (κ1) is 18.7. The Morgan fingerprint density at radius 1 is 1.00 bits per heavy atom. The Morgan fingerprint density at radius 3 is 2.00 bits per heavy atom. The third kappa shape index (κ3) is 5.18. The van der Waals surface area contributed by atoms with E-state index >= 15 is 0 Å². The molecule has 0 bridgehead atoms. The van der Waals surface area contributed by atoms with Crippen LogP contribution in [-0.4, -0.2) is 18.5 Å². The minimum atomic E-state index is -0.748. The minimum absolute atomic E-state index is 0.0942. The van der Waals surface area contributed by atoms with Crippen LogP contribution in [-0.2, 0) is 19.1 Å². The van der Waals surface area contributed by atoms with Crippen molar-refractivity contribution in [3.63, 3.8) is 0 Å². The molecule has 0 unspecified atom stereocenters. The van der Waals surface area contributed by atoms with Gasteiger partial charge in [-0.25, -0.2) is 4.79 Å². The highest BCUT2D eigenvalue weighted by Crippen LogP contribution is 2.27. The van der Waals surface area contributed by atoms with Gasteiger partial charge in [0.05, 0.1) is 6.26 Å². The van der Waals surface area contributed by atoms with Gasteiger partial charge in [-0.3, -0.25) is 4.79 Å². The SMILES string of the molecule is CC(=O)OC=CCOC(=O)C(C#N)=C(c1ccccc1)c1ccccc1. The van der Waals surface area contributed by atoms with Crippen LogP contribution in [0.15, 0.2) is 78.6 Å². The van der Waals surface area contributed by atoms with Crippen molar-refractivity contribution in [3.05, 3.63) is 89.7 Å². The van der Waals surface area contributed by atoms with Gasteiger partial charge in [0.15, 0.2) is 0 Å². The summed E-state index contributed by atoms with van der Waals surface area (Å²) in [6, 6.07) is 20.3. The lowest BCUT2D eigenvalue weighted by Gasteiger charge is -2.11. The van der Waals surface area contributed by atoms with Gasteiger partial charge < -0.3 is 9.47 Å². The molecule has 0 N–H and O–H groups in total. The molecular weight excluding hydrogens is 330 g/mol. The van der Waals surface area contributed by atoms with Gasteiger partial charge in [-0.2, -0.15) is 5.26 Å². The molecule has 26 heavy (non-hydrogen) atoms. The molecule has 0 amide bonds. The molecular formula is C21H17NO4. The third-order valence-corrected chi connectivity index (χ3v) is 3.33. The summed E-state index contributed by atoms with van der Waals surface area (Å²) in [6.07, 6.45) is 2.51. The molecule has 2 rings (SSSR count). The van der Waals surface area contributed by atoms with Gasteiger partial charge in [-0.15, -0.1) is 0 Å². The standard InChI is InChI=1S/C21H17NO4/c1-16(23)25-13-8-14-26-21(24)19(15-22)20(17-9-4-2-5-10-17)18-11-6-3-7-12-18/h2-13H,14H2,1H3. The molecule has 0 spiro atoms. The maximum atomic E-state index is 12.4. The first-order chi connectivity index (χ1) is 12.6. The average molecular weight is 347 g/mol. The number of carbonyl (C=O) groups excluding carboxylic acids is 2. The summed E-state index contributed by atoms with van der Waals surface area (Å²) in [5.41, 5.74) is 1.89. The maximum absolute atomic E-state index is 12.4. The highest BCUT2D eigenvalue weighted by molar-refractivity contribution is 6.05. The van der Waals surface area contributed by atoms with E-state index in [9.17, 15) is 14.9 Å². The summed E-state index contributed by atoms with van der Waals surface area (Å²) in [4.78, 5) is 23.1. The molecule has 0 radical (unpaired) electrons. The molecule has 0 aliphatic carbocycles. The van der Waals surface area contributed by atoms with Crippen LogP contribution in [0, 0.1) is 11.3 Å². The minimum Gasteiger partial charge on any atom is -0.457 e. The number of benzene rings is 2.